The van der Waals surface area contributed by atoms with Crippen LogP contribution < -0.4 is 5.32 Å². The molecule has 1 aromatic carbocycles. The number of carboxylic acids is 1. The largest absolute Gasteiger partial charge is 0.478 e. The molecular formula is C12H13NO3. The van der Waals surface area contributed by atoms with Crippen molar-refractivity contribution in [2.24, 2.45) is 0 Å². The molecule has 0 aliphatic heterocycles. The Hall–Kier alpha value is -2.10. The lowest BCUT2D eigenvalue weighted by Gasteiger charge is -2.11. The molecule has 0 saturated carbocycles. The van der Waals surface area contributed by atoms with Gasteiger partial charge in [0.2, 0.25) is 0 Å². The smallest absolute Gasteiger partial charge is 0.337 e. The predicted octanol–water partition coefficient (Wildman–Crippen LogP) is 2.21. The highest BCUT2D eigenvalue weighted by Crippen LogP contribution is 2.20. The van der Waals surface area contributed by atoms with Gasteiger partial charge in [-0.3, -0.25) is 4.79 Å². The zero-order valence-corrected chi connectivity index (χ0v) is 9.20. The number of benzene rings is 1. The summed E-state index contributed by atoms with van der Waals surface area (Å²) in [5.74, 6) is -1.45. The van der Waals surface area contributed by atoms with E-state index < -0.39 is 5.97 Å². The highest BCUT2D eigenvalue weighted by Gasteiger charge is 2.14. The van der Waals surface area contributed by atoms with Gasteiger partial charge in [0.25, 0.3) is 5.91 Å². The zero-order valence-electron chi connectivity index (χ0n) is 9.20. The molecule has 1 amide bonds. The summed E-state index contributed by atoms with van der Waals surface area (Å²) >= 11 is 0. The average molecular weight is 219 g/mol. The Kier molecular flexibility index (Phi) is 3.45. The second kappa shape index (κ2) is 4.61. The summed E-state index contributed by atoms with van der Waals surface area (Å²) in [5.41, 5.74) is 1.44. The second-order valence-corrected chi connectivity index (χ2v) is 3.54. The van der Waals surface area contributed by atoms with Crippen molar-refractivity contribution in [1.29, 1.82) is 0 Å². The number of hydrogen-bond donors (Lipinski definition) is 2. The molecule has 0 saturated heterocycles. The van der Waals surface area contributed by atoms with Crippen LogP contribution >= 0.6 is 0 Å². The van der Waals surface area contributed by atoms with Crippen LogP contribution in [0, 0.1) is 6.92 Å². The van der Waals surface area contributed by atoms with E-state index in [4.69, 9.17) is 5.11 Å². The van der Waals surface area contributed by atoms with Gasteiger partial charge >= 0.3 is 5.97 Å². The molecule has 2 N–H and O–H groups in total. The molecule has 0 aliphatic carbocycles. The lowest BCUT2D eigenvalue weighted by Crippen LogP contribution is -2.15. The number of hydrogen-bond acceptors (Lipinski definition) is 2. The Labute approximate surface area is 93.6 Å². The summed E-state index contributed by atoms with van der Waals surface area (Å²) in [7, 11) is 0. The molecule has 0 radical (unpaired) electrons. The Morgan fingerprint density at radius 3 is 2.50 bits per heavy atom. The number of para-hydroxylation sites is 1. The van der Waals surface area contributed by atoms with Gasteiger partial charge in [-0.2, -0.15) is 0 Å². The molecule has 0 atom stereocenters. The van der Waals surface area contributed by atoms with Gasteiger partial charge in [-0.1, -0.05) is 18.7 Å². The fourth-order valence-electron chi connectivity index (χ4n) is 1.23. The van der Waals surface area contributed by atoms with Crippen LogP contribution in [-0.2, 0) is 4.79 Å². The highest BCUT2D eigenvalue weighted by molar-refractivity contribution is 6.07. The summed E-state index contributed by atoms with van der Waals surface area (Å²) in [6.45, 7) is 6.80. The fraction of sp³-hybridized carbons (Fsp3) is 0.167. The Bertz CT molecular complexity index is 463. The summed E-state index contributed by atoms with van der Waals surface area (Å²) in [4.78, 5) is 22.4. The van der Waals surface area contributed by atoms with Gasteiger partial charge < -0.3 is 10.4 Å². The zero-order chi connectivity index (χ0) is 12.3. The summed E-state index contributed by atoms with van der Waals surface area (Å²) < 4.78 is 0. The summed E-state index contributed by atoms with van der Waals surface area (Å²) in [6, 6.07) is 4.82. The van der Waals surface area contributed by atoms with Crippen LogP contribution in [0.4, 0.5) is 5.69 Å². The number of carbonyl (C=O) groups excluding carboxylic acids is 1. The van der Waals surface area contributed by atoms with Crippen molar-refractivity contribution in [3.63, 3.8) is 0 Å². The van der Waals surface area contributed by atoms with Crippen LogP contribution in [0.25, 0.3) is 0 Å². The van der Waals surface area contributed by atoms with E-state index in [1.807, 2.05) is 0 Å². The first-order valence-electron chi connectivity index (χ1n) is 4.73. The number of nitrogens with one attached hydrogen (secondary N) is 1. The Morgan fingerprint density at radius 2 is 2.00 bits per heavy atom. The van der Waals surface area contributed by atoms with E-state index in [9.17, 15) is 9.59 Å². The first-order chi connectivity index (χ1) is 7.43. The minimum atomic E-state index is -1.07. The lowest BCUT2D eigenvalue weighted by molar-refractivity contribution is -0.112. The van der Waals surface area contributed by atoms with Gasteiger partial charge in [0, 0.05) is 5.57 Å². The normalized spacial score (nSPS) is 9.62. The molecule has 0 heterocycles. The van der Waals surface area contributed by atoms with E-state index in [2.05, 4.69) is 11.9 Å². The van der Waals surface area contributed by atoms with E-state index in [0.29, 0.717) is 16.8 Å². The number of carboxylic acid groups (broad SMARTS) is 1. The van der Waals surface area contributed by atoms with Gasteiger partial charge in [0.15, 0.2) is 0 Å². The number of amides is 1. The van der Waals surface area contributed by atoms with E-state index in [0.717, 1.165) is 0 Å². The van der Waals surface area contributed by atoms with Crippen LogP contribution in [0.5, 0.6) is 0 Å². The molecule has 0 bridgehead atoms. The Balaban J connectivity index is 3.16. The van der Waals surface area contributed by atoms with Crippen LogP contribution in [0.2, 0.25) is 0 Å². The maximum absolute atomic E-state index is 11.4. The van der Waals surface area contributed by atoms with Crippen LogP contribution in [0.3, 0.4) is 0 Å². The molecule has 0 fully saturated rings. The maximum Gasteiger partial charge on any atom is 0.337 e. The van der Waals surface area contributed by atoms with E-state index in [1.54, 1.807) is 26.0 Å². The fourth-order valence-corrected chi connectivity index (χ4v) is 1.23. The molecule has 84 valence electrons. The number of aromatic carboxylic acids is 1. The van der Waals surface area contributed by atoms with E-state index in [-0.39, 0.29) is 11.5 Å². The second-order valence-electron chi connectivity index (χ2n) is 3.54. The topological polar surface area (TPSA) is 66.4 Å². The highest BCUT2D eigenvalue weighted by atomic mass is 16.4. The van der Waals surface area contributed by atoms with Crippen molar-refractivity contribution in [1.82, 2.24) is 0 Å². The summed E-state index contributed by atoms with van der Waals surface area (Å²) in [5, 5.41) is 11.5. The van der Waals surface area contributed by atoms with Gasteiger partial charge in [-0.15, -0.1) is 0 Å². The molecule has 1 aromatic rings. The van der Waals surface area contributed by atoms with Crippen molar-refractivity contribution < 1.29 is 14.7 Å². The third kappa shape index (κ3) is 2.48. The molecule has 1 rings (SSSR count). The average Bonchev–Trinajstić information content (AvgIpc) is 2.20. The first kappa shape index (κ1) is 12.0. The molecule has 4 nitrogen and oxygen atoms in total. The van der Waals surface area contributed by atoms with Crippen molar-refractivity contribution in [2.45, 2.75) is 13.8 Å². The van der Waals surface area contributed by atoms with Crippen LogP contribution in [-0.4, -0.2) is 17.0 Å². The van der Waals surface area contributed by atoms with Crippen molar-refractivity contribution >= 4 is 17.6 Å². The molecule has 16 heavy (non-hydrogen) atoms. The third-order valence-corrected chi connectivity index (χ3v) is 2.13. The molecule has 0 aliphatic rings. The van der Waals surface area contributed by atoms with Crippen molar-refractivity contribution in [2.75, 3.05) is 5.32 Å². The van der Waals surface area contributed by atoms with Gasteiger partial charge in [-0.25, -0.2) is 4.79 Å². The molecule has 4 heteroatoms. The number of aryl methyl sites for hydroxylation is 1. The minimum Gasteiger partial charge on any atom is -0.478 e. The number of rotatable bonds is 3. The molecule has 0 spiro atoms. The van der Waals surface area contributed by atoms with Crippen LogP contribution in [0.1, 0.15) is 22.8 Å². The van der Waals surface area contributed by atoms with E-state index in [1.165, 1.54) is 6.07 Å². The van der Waals surface area contributed by atoms with Gasteiger partial charge in [0.05, 0.1) is 11.3 Å². The Morgan fingerprint density at radius 1 is 1.38 bits per heavy atom. The molecular weight excluding hydrogens is 206 g/mol. The summed E-state index contributed by atoms with van der Waals surface area (Å²) in [6.07, 6.45) is 0. The standard InChI is InChI=1S/C12H13NO3/c1-7(2)11(14)13-10-8(3)5-4-6-9(10)12(15)16/h4-6H,1H2,2-3H3,(H,13,14)(H,15,16). The van der Waals surface area contributed by atoms with Crippen LogP contribution in [0.15, 0.2) is 30.4 Å². The quantitative estimate of drug-likeness (QED) is 0.766. The van der Waals surface area contributed by atoms with Gasteiger partial charge in [-0.05, 0) is 25.5 Å². The minimum absolute atomic E-state index is 0.0783. The van der Waals surface area contributed by atoms with E-state index >= 15 is 0 Å². The predicted molar refractivity (Wildman–Crippen MR) is 61.6 cm³/mol. The molecule has 0 aromatic heterocycles. The third-order valence-electron chi connectivity index (χ3n) is 2.13. The first-order valence-corrected chi connectivity index (χ1v) is 4.73. The van der Waals surface area contributed by atoms with Crippen molar-refractivity contribution in [3.05, 3.63) is 41.5 Å². The monoisotopic (exact) mass is 219 g/mol. The molecule has 0 unspecified atom stereocenters. The lowest BCUT2D eigenvalue weighted by atomic mass is 10.1. The maximum atomic E-state index is 11.4. The number of anilines is 1. The van der Waals surface area contributed by atoms with Crippen molar-refractivity contribution in [3.8, 4) is 0 Å². The number of carbonyl (C=O) groups is 2. The SMILES string of the molecule is C=C(C)C(=O)Nc1c(C)cccc1C(=O)O. The van der Waals surface area contributed by atoms with Gasteiger partial charge in [0.1, 0.15) is 0 Å².